The van der Waals surface area contributed by atoms with Crippen molar-refractivity contribution < 1.29 is 12.8 Å². The van der Waals surface area contributed by atoms with Crippen LogP contribution in [0.1, 0.15) is 12.8 Å². The number of halogens is 1. The van der Waals surface area contributed by atoms with Gasteiger partial charge in [-0.15, -0.1) is 0 Å². The first-order valence-electron chi connectivity index (χ1n) is 5.51. The average Bonchev–Trinajstić information content (AvgIpc) is 2.75. The highest BCUT2D eigenvalue weighted by Gasteiger charge is 2.10. The van der Waals surface area contributed by atoms with Gasteiger partial charge in [0.2, 0.25) is 10.0 Å². The van der Waals surface area contributed by atoms with Crippen LogP contribution in [0.25, 0.3) is 10.9 Å². The van der Waals surface area contributed by atoms with E-state index in [0.29, 0.717) is 12.1 Å². The largest absolute Gasteiger partial charge is 0.284 e. The van der Waals surface area contributed by atoms with Crippen molar-refractivity contribution in [1.82, 2.24) is 4.37 Å². The van der Waals surface area contributed by atoms with Gasteiger partial charge in [-0.1, -0.05) is 0 Å². The van der Waals surface area contributed by atoms with E-state index in [9.17, 15) is 12.8 Å². The first-order valence-corrected chi connectivity index (χ1v) is 8.00. The molecule has 0 aliphatic rings. The number of aromatic nitrogens is 1. The second-order valence-electron chi connectivity index (χ2n) is 3.91. The molecule has 7 heteroatoms. The van der Waals surface area contributed by atoms with E-state index in [1.54, 1.807) is 18.2 Å². The third-order valence-corrected chi connectivity index (χ3v) is 4.46. The number of nitrogens with one attached hydrogen (secondary N) is 1. The summed E-state index contributed by atoms with van der Waals surface area (Å²) in [7, 11) is -3.39. The summed E-state index contributed by atoms with van der Waals surface area (Å²) < 4.78 is 41.9. The summed E-state index contributed by atoms with van der Waals surface area (Å²) in [4.78, 5) is 0. The molecule has 0 amide bonds. The molecule has 18 heavy (non-hydrogen) atoms. The third kappa shape index (κ3) is 3.39. The predicted molar refractivity (Wildman–Crippen MR) is 72.2 cm³/mol. The minimum absolute atomic E-state index is 0.0587. The van der Waals surface area contributed by atoms with Crippen molar-refractivity contribution in [2.45, 2.75) is 12.8 Å². The molecule has 0 saturated heterocycles. The van der Waals surface area contributed by atoms with Crippen LogP contribution in [0.3, 0.4) is 0 Å². The Morgan fingerprint density at radius 3 is 2.94 bits per heavy atom. The van der Waals surface area contributed by atoms with Gasteiger partial charge in [-0.05, 0) is 42.6 Å². The molecule has 0 spiro atoms. The van der Waals surface area contributed by atoms with E-state index in [1.807, 2.05) is 5.38 Å². The summed E-state index contributed by atoms with van der Waals surface area (Å²) in [5.41, 5.74) is 1.36. The molecular formula is C11H13FN2O2S2. The smallest absolute Gasteiger partial charge is 0.232 e. The number of anilines is 1. The molecule has 0 bridgehead atoms. The lowest BCUT2D eigenvalue weighted by Crippen LogP contribution is -2.16. The molecule has 1 N–H and O–H groups in total. The Kier molecular flexibility index (Phi) is 4.13. The lowest BCUT2D eigenvalue weighted by atomic mass is 10.2. The molecule has 0 unspecified atom stereocenters. The van der Waals surface area contributed by atoms with Crippen LogP contribution >= 0.6 is 11.5 Å². The number of benzene rings is 1. The van der Waals surface area contributed by atoms with Crippen LogP contribution in [0.5, 0.6) is 0 Å². The van der Waals surface area contributed by atoms with E-state index in [-0.39, 0.29) is 12.2 Å². The van der Waals surface area contributed by atoms with Gasteiger partial charge in [0.05, 0.1) is 17.9 Å². The number of hydrogen-bond donors (Lipinski definition) is 1. The Morgan fingerprint density at radius 2 is 2.17 bits per heavy atom. The molecule has 98 valence electrons. The Bertz CT molecular complexity index is 625. The van der Waals surface area contributed by atoms with Gasteiger partial charge in [-0.2, -0.15) is 4.37 Å². The van der Waals surface area contributed by atoms with Crippen molar-refractivity contribution in [3.8, 4) is 0 Å². The van der Waals surface area contributed by atoms with E-state index in [2.05, 4.69) is 9.10 Å². The van der Waals surface area contributed by atoms with Crippen LogP contribution in [0, 0.1) is 0 Å². The van der Waals surface area contributed by atoms with Crippen molar-refractivity contribution in [2.75, 3.05) is 17.1 Å². The number of fused-ring (bicyclic) bond motifs is 1. The second kappa shape index (κ2) is 5.62. The van der Waals surface area contributed by atoms with E-state index in [1.165, 1.54) is 11.5 Å². The highest BCUT2D eigenvalue weighted by molar-refractivity contribution is 7.92. The van der Waals surface area contributed by atoms with Crippen LogP contribution in [-0.2, 0) is 10.0 Å². The quantitative estimate of drug-likeness (QED) is 0.831. The normalized spacial score (nSPS) is 11.8. The van der Waals surface area contributed by atoms with Gasteiger partial charge < -0.3 is 0 Å². The second-order valence-corrected chi connectivity index (χ2v) is 6.38. The van der Waals surface area contributed by atoms with Gasteiger partial charge in [0.25, 0.3) is 0 Å². The predicted octanol–water partition coefficient (Wildman–Crippen LogP) is 2.79. The highest BCUT2D eigenvalue weighted by Crippen LogP contribution is 2.20. The van der Waals surface area contributed by atoms with Crippen LogP contribution in [0.2, 0.25) is 0 Å². The standard InChI is InChI=1S/C11H13FN2O2S2/c12-5-1-2-6-18(15,16)14-10-3-4-11-9(7-10)8-17-13-11/h3-4,7-8,14H,1-2,5-6H2. The molecule has 0 saturated carbocycles. The van der Waals surface area contributed by atoms with Gasteiger partial charge in [0, 0.05) is 16.5 Å². The van der Waals surface area contributed by atoms with E-state index < -0.39 is 16.7 Å². The summed E-state index contributed by atoms with van der Waals surface area (Å²) >= 11 is 1.33. The maximum Gasteiger partial charge on any atom is 0.232 e. The van der Waals surface area contributed by atoms with Crippen molar-refractivity contribution in [3.05, 3.63) is 23.6 Å². The van der Waals surface area contributed by atoms with Crippen LogP contribution in [0.15, 0.2) is 23.6 Å². The zero-order valence-electron chi connectivity index (χ0n) is 9.60. The Labute approximate surface area is 109 Å². The molecule has 1 aromatic heterocycles. The van der Waals surface area contributed by atoms with E-state index >= 15 is 0 Å². The Balaban J connectivity index is 2.07. The number of sulfonamides is 1. The Morgan fingerprint density at radius 1 is 1.33 bits per heavy atom. The summed E-state index contributed by atoms with van der Waals surface area (Å²) in [6.07, 6.45) is 0.600. The van der Waals surface area contributed by atoms with Gasteiger partial charge in [-0.3, -0.25) is 9.11 Å². The zero-order valence-corrected chi connectivity index (χ0v) is 11.2. The van der Waals surface area contributed by atoms with Crippen LogP contribution in [-0.4, -0.2) is 25.2 Å². The molecule has 1 aromatic carbocycles. The number of rotatable bonds is 6. The number of nitrogens with zero attached hydrogens (tertiary/aromatic N) is 1. The van der Waals surface area contributed by atoms with Crippen molar-refractivity contribution >= 4 is 38.1 Å². The first kappa shape index (κ1) is 13.2. The molecule has 0 radical (unpaired) electrons. The maximum absolute atomic E-state index is 11.9. The van der Waals surface area contributed by atoms with Crippen LogP contribution in [0.4, 0.5) is 10.1 Å². The molecule has 0 aliphatic carbocycles. The molecule has 0 fully saturated rings. The van der Waals surface area contributed by atoms with E-state index in [4.69, 9.17) is 0 Å². The SMILES string of the molecule is O=S(=O)(CCCCF)Nc1ccc2nscc2c1. The molecule has 4 nitrogen and oxygen atoms in total. The zero-order chi connectivity index (χ0) is 13.0. The summed E-state index contributed by atoms with van der Waals surface area (Å²) in [6.45, 7) is -0.484. The molecule has 2 aromatic rings. The van der Waals surface area contributed by atoms with Crippen LogP contribution < -0.4 is 4.72 Å². The molecular weight excluding hydrogens is 275 g/mol. The maximum atomic E-state index is 11.9. The number of unbranched alkanes of at least 4 members (excludes halogenated alkanes) is 1. The fourth-order valence-corrected chi connectivity index (χ4v) is 3.36. The fraction of sp³-hybridized carbons (Fsp3) is 0.364. The minimum Gasteiger partial charge on any atom is -0.284 e. The average molecular weight is 288 g/mol. The van der Waals surface area contributed by atoms with E-state index in [0.717, 1.165) is 10.9 Å². The van der Waals surface area contributed by atoms with Gasteiger partial charge >= 0.3 is 0 Å². The first-order chi connectivity index (χ1) is 8.61. The highest BCUT2D eigenvalue weighted by atomic mass is 32.2. The van der Waals surface area contributed by atoms with Crippen molar-refractivity contribution in [3.63, 3.8) is 0 Å². The molecule has 0 atom stereocenters. The summed E-state index contributed by atoms with van der Waals surface area (Å²) in [6, 6.07) is 5.19. The lowest BCUT2D eigenvalue weighted by molar-refractivity contribution is 0.468. The third-order valence-electron chi connectivity index (χ3n) is 2.43. The van der Waals surface area contributed by atoms with Gasteiger partial charge in [0.1, 0.15) is 0 Å². The van der Waals surface area contributed by atoms with Gasteiger partial charge in [-0.25, -0.2) is 8.42 Å². The fourth-order valence-electron chi connectivity index (χ4n) is 1.55. The minimum atomic E-state index is -3.39. The molecule has 1 heterocycles. The topological polar surface area (TPSA) is 59.1 Å². The van der Waals surface area contributed by atoms with Crippen molar-refractivity contribution in [1.29, 1.82) is 0 Å². The summed E-state index contributed by atoms with van der Waals surface area (Å²) in [5, 5.41) is 2.76. The van der Waals surface area contributed by atoms with Crippen molar-refractivity contribution in [2.24, 2.45) is 0 Å². The Hall–Kier alpha value is -1.21. The number of alkyl halides is 1. The molecule has 0 aliphatic heterocycles. The summed E-state index contributed by atoms with van der Waals surface area (Å²) in [5.74, 6) is -0.0587. The molecule has 2 rings (SSSR count). The lowest BCUT2D eigenvalue weighted by Gasteiger charge is -2.07. The van der Waals surface area contributed by atoms with Gasteiger partial charge in [0.15, 0.2) is 0 Å². The monoisotopic (exact) mass is 288 g/mol. The number of hydrogen-bond acceptors (Lipinski definition) is 4.